The van der Waals surface area contributed by atoms with E-state index < -0.39 is 12.3 Å². The molecule has 0 unspecified atom stereocenters. The zero-order valence-corrected chi connectivity index (χ0v) is 12.9. The second kappa shape index (κ2) is 9.09. The van der Waals surface area contributed by atoms with Crippen LogP contribution in [0.4, 0.5) is 0 Å². The van der Waals surface area contributed by atoms with Gasteiger partial charge in [0.2, 0.25) is 6.29 Å². The van der Waals surface area contributed by atoms with Crippen LogP contribution in [-0.2, 0) is 23.4 Å². The summed E-state index contributed by atoms with van der Waals surface area (Å²) in [4.78, 5) is 0. The summed E-state index contributed by atoms with van der Waals surface area (Å²) in [5, 5.41) is 0. The van der Waals surface area contributed by atoms with Gasteiger partial charge in [0.15, 0.2) is 10.5 Å². The van der Waals surface area contributed by atoms with Crippen molar-refractivity contribution in [1.29, 1.82) is 0 Å². The van der Waals surface area contributed by atoms with Crippen LogP contribution in [0.5, 0.6) is 0 Å². The van der Waals surface area contributed by atoms with Gasteiger partial charge in [0.25, 0.3) is 0 Å². The first kappa shape index (κ1) is 16.0. The Labute approximate surface area is 101 Å². The van der Waals surface area contributed by atoms with Crippen LogP contribution in [0, 0.1) is 0 Å². The fourth-order valence-corrected chi connectivity index (χ4v) is 1.78. The molecular weight excluding hydrogens is 228 g/mol. The predicted octanol–water partition coefficient (Wildman–Crippen LogP) is 0.409. The second-order valence-electron chi connectivity index (χ2n) is 2.92. The molecule has 0 N–H and O–H groups in total. The van der Waals surface area contributed by atoms with E-state index in [4.69, 9.17) is 23.4 Å². The molecule has 0 aromatic heterocycles. The number of hydrogen-bond donors (Lipinski definition) is 0. The molecule has 0 fully saturated rings. The average molecular weight is 252 g/mol. The molecule has 0 aromatic carbocycles. The smallest absolute Gasteiger partial charge is 0.327 e. The van der Waals surface area contributed by atoms with Gasteiger partial charge in [-0.25, -0.2) is 0 Å². The first-order chi connectivity index (χ1) is 7.70. The number of rotatable bonds is 10. The maximum absolute atomic E-state index is 5.53. The molecule has 0 atom stereocenters. The normalized spacial score (nSPS) is 12.6. The van der Waals surface area contributed by atoms with Crippen LogP contribution in [0.3, 0.4) is 0 Å². The van der Waals surface area contributed by atoms with Gasteiger partial charge in [-0.05, 0) is 27.7 Å². The molecule has 0 radical (unpaired) electrons. The van der Waals surface area contributed by atoms with Crippen molar-refractivity contribution in [2.75, 3.05) is 26.4 Å². The summed E-state index contributed by atoms with van der Waals surface area (Å²) in [5.41, 5.74) is 0. The highest BCUT2D eigenvalue weighted by Gasteiger charge is 2.43. The quantitative estimate of drug-likeness (QED) is 0.416. The highest BCUT2D eigenvalue weighted by atomic mass is 28.2. The molecule has 0 aromatic rings. The van der Waals surface area contributed by atoms with E-state index in [2.05, 4.69) is 0 Å². The SMILES string of the molecule is CCOC(OCC)C(O[SiH3])(OCC)OCC. The third-order valence-electron chi connectivity index (χ3n) is 1.90. The number of hydrogen-bond acceptors (Lipinski definition) is 5. The van der Waals surface area contributed by atoms with Crippen molar-refractivity contribution in [3.05, 3.63) is 0 Å². The second-order valence-corrected chi connectivity index (χ2v) is 3.32. The van der Waals surface area contributed by atoms with Gasteiger partial charge in [0.05, 0.1) is 0 Å². The van der Waals surface area contributed by atoms with Crippen LogP contribution < -0.4 is 0 Å². The molecule has 6 heteroatoms. The lowest BCUT2D eigenvalue weighted by molar-refractivity contribution is -0.427. The summed E-state index contributed by atoms with van der Waals surface area (Å²) < 4.78 is 27.4. The predicted molar refractivity (Wildman–Crippen MR) is 64.0 cm³/mol. The average Bonchev–Trinajstić information content (AvgIpc) is 2.28. The lowest BCUT2D eigenvalue weighted by atomic mass is 10.5. The Bertz CT molecular complexity index is 155. The zero-order chi connectivity index (χ0) is 12.4. The Morgan fingerprint density at radius 2 is 1.31 bits per heavy atom. The molecule has 0 aliphatic rings. The molecule has 0 rings (SSSR count). The fraction of sp³-hybridized carbons (Fsp3) is 1.00. The number of ether oxygens (including phenoxy) is 4. The van der Waals surface area contributed by atoms with E-state index in [1.54, 1.807) is 0 Å². The molecule has 5 nitrogen and oxygen atoms in total. The molecule has 0 heterocycles. The minimum atomic E-state index is -1.22. The summed E-state index contributed by atoms with van der Waals surface area (Å²) in [5.74, 6) is -1.22. The van der Waals surface area contributed by atoms with Crippen molar-refractivity contribution in [2.45, 2.75) is 40.0 Å². The van der Waals surface area contributed by atoms with Gasteiger partial charge < -0.3 is 23.4 Å². The molecule has 0 saturated carbocycles. The standard InChI is InChI=1S/C10H24O5Si/c1-5-11-9(12-6-2)10(15-16,13-7-3)14-8-4/h9H,5-8H2,1-4,16H3. The highest BCUT2D eigenvalue weighted by molar-refractivity contribution is 5.98. The molecule has 0 aliphatic heterocycles. The van der Waals surface area contributed by atoms with Crippen molar-refractivity contribution in [3.63, 3.8) is 0 Å². The third-order valence-corrected chi connectivity index (χ3v) is 2.47. The van der Waals surface area contributed by atoms with Gasteiger partial charge in [0.1, 0.15) is 0 Å². The summed E-state index contributed by atoms with van der Waals surface area (Å²) in [6, 6.07) is 0. The largest absolute Gasteiger partial charge is 0.376 e. The van der Waals surface area contributed by atoms with E-state index in [-0.39, 0.29) is 0 Å². The molecule has 0 bridgehead atoms. The van der Waals surface area contributed by atoms with Crippen LogP contribution in [-0.4, -0.2) is 49.2 Å². The van der Waals surface area contributed by atoms with Crippen LogP contribution >= 0.6 is 0 Å². The van der Waals surface area contributed by atoms with Gasteiger partial charge in [-0.1, -0.05) is 0 Å². The van der Waals surface area contributed by atoms with Crippen molar-refractivity contribution in [1.82, 2.24) is 0 Å². The first-order valence-electron chi connectivity index (χ1n) is 5.76. The Kier molecular flexibility index (Phi) is 9.10. The van der Waals surface area contributed by atoms with Crippen LogP contribution in [0.2, 0.25) is 0 Å². The summed E-state index contributed by atoms with van der Waals surface area (Å²) in [6.45, 7) is 9.50. The maximum Gasteiger partial charge on any atom is 0.327 e. The molecule has 0 aliphatic carbocycles. The molecular formula is C10H24O5Si. The summed E-state index contributed by atoms with van der Waals surface area (Å²) in [6.07, 6.45) is -0.653. The van der Waals surface area contributed by atoms with Gasteiger partial charge in [0, 0.05) is 26.4 Å². The maximum atomic E-state index is 5.53. The molecule has 98 valence electrons. The molecule has 0 saturated heterocycles. The Morgan fingerprint density at radius 3 is 1.56 bits per heavy atom. The van der Waals surface area contributed by atoms with E-state index in [0.29, 0.717) is 36.9 Å². The van der Waals surface area contributed by atoms with Gasteiger partial charge >= 0.3 is 5.97 Å². The van der Waals surface area contributed by atoms with E-state index in [9.17, 15) is 0 Å². The van der Waals surface area contributed by atoms with Crippen molar-refractivity contribution in [3.8, 4) is 0 Å². The minimum Gasteiger partial charge on any atom is -0.376 e. The topological polar surface area (TPSA) is 46.2 Å². The fourth-order valence-electron chi connectivity index (χ4n) is 1.35. The summed E-state index contributed by atoms with van der Waals surface area (Å²) >= 11 is 0. The lowest BCUT2D eigenvalue weighted by Gasteiger charge is -2.37. The van der Waals surface area contributed by atoms with E-state index in [1.165, 1.54) is 0 Å². The monoisotopic (exact) mass is 252 g/mol. The van der Waals surface area contributed by atoms with Gasteiger partial charge in [-0.15, -0.1) is 0 Å². The highest BCUT2D eigenvalue weighted by Crippen LogP contribution is 2.23. The van der Waals surface area contributed by atoms with Crippen molar-refractivity contribution < 1.29 is 23.4 Å². The van der Waals surface area contributed by atoms with Crippen LogP contribution in [0.25, 0.3) is 0 Å². The van der Waals surface area contributed by atoms with Crippen molar-refractivity contribution in [2.24, 2.45) is 0 Å². The molecule has 0 amide bonds. The lowest BCUT2D eigenvalue weighted by Crippen LogP contribution is -2.52. The summed E-state index contributed by atoms with van der Waals surface area (Å²) in [7, 11) is 0.477. The first-order valence-corrected chi connectivity index (χ1v) is 6.58. The minimum absolute atomic E-state index is 0.471. The van der Waals surface area contributed by atoms with E-state index >= 15 is 0 Å². The van der Waals surface area contributed by atoms with E-state index in [1.807, 2.05) is 27.7 Å². The zero-order valence-electron chi connectivity index (χ0n) is 10.9. The Hall–Kier alpha value is 0.0169. The molecule has 16 heavy (non-hydrogen) atoms. The molecule has 0 spiro atoms. The van der Waals surface area contributed by atoms with Crippen LogP contribution in [0.1, 0.15) is 27.7 Å². The Morgan fingerprint density at radius 1 is 0.875 bits per heavy atom. The Balaban J connectivity index is 4.73. The van der Waals surface area contributed by atoms with Crippen molar-refractivity contribution >= 4 is 10.5 Å². The van der Waals surface area contributed by atoms with Crippen LogP contribution in [0.15, 0.2) is 0 Å². The van der Waals surface area contributed by atoms with E-state index in [0.717, 1.165) is 0 Å². The van der Waals surface area contributed by atoms with Gasteiger partial charge in [-0.3, -0.25) is 0 Å². The van der Waals surface area contributed by atoms with Gasteiger partial charge in [-0.2, -0.15) is 0 Å². The third kappa shape index (κ3) is 4.48.